The second kappa shape index (κ2) is 61.4. The monoisotopic (exact) mass is 1010 g/mol. The van der Waals surface area contributed by atoms with E-state index in [1.165, 1.54) is 244 Å². The molecule has 0 heterocycles. The number of esters is 1. The lowest BCUT2D eigenvalue weighted by Crippen LogP contribution is -2.45. The van der Waals surface area contributed by atoms with Crippen LogP contribution < -0.4 is 5.32 Å². The van der Waals surface area contributed by atoms with Crippen LogP contribution in [-0.4, -0.2) is 47.4 Å². The van der Waals surface area contributed by atoms with Crippen LogP contribution in [0.3, 0.4) is 0 Å². The van der Waals surface area contributed by atoms with Crippen molar-refractivity contribution in [1.82, 2.24) is 5.32 Å². The van der Waals surface area contributed by atoms with E-state index in [0.29, 0.717) is 19.4 Å². The Labute approximate surface area is 448 Å². The maximum Gasteiger partial charge on any atom is 0.305 e. The van der Waals surface area contributed by atoms with Crippen LogP contribution in [0.1, 0.15) is 335 Å². The van der Waals surface area contributed by atoms with Crippen LogP contribution in [0.2, 0.25) is 0 Å². The number of aliphatic hydroxyl groups excluding tert-OH is 2. The highest BCUT2D eigenvalue weighted by Crippen LogP contribution is 2.17. The molecule has 0 aliphatic carbocycles. The SMILES string of the molecule is CCCCCC/C=C\CCCCCCCC(=O)OCCCCCCCCCCC/C=C\C/C=C\CCCCCCCCCC(=O)NC(CO)C(O)/C=C/CCCCCCCCCCCCCCCCCCC. The van der Waals surface area contributed by atoms with E-state index in [9.17, 15) is 19.8 Å². The fourth-order valence-electron chi connectivity index (χ4n) is 9.66. The average Bonchev–Trinajstić information content (AvgIpc) is 3.38. The topological polar surface area (TPSA) is 95.9 Å². The quantitative estimate of drug-likeness (QED) is 0.0320. The van der Waals surface area contributed by atoms with Gasteiger partial charge in [0.25, 0.3) is 0 Å². The summed E-state index contributed by atoms with van der Waals surface area (Å²) >= 11 is 0. The molecule has 6 nitrogen and oxygen atoms in total. The van der Waals surface area contributed by atoms with E-state index in [4.69, 9.17) is 4.74 Å². The Balaban J connectivity index is 3.49. The first-order valence-electron chi connectivity index (χ1n) is 31.9. The van der Waals surface area contributed by atoms with Gasteiger partial charge >= 0.3 is 5.97 Å². The minimum atomic E-state index is -0.852. The number of aliphatic hydroxyl groups is 2. The Morgan fingerprint density at radius 2 is 0.694 bits per heavy atom. The van der Waals surface area contributed by atoms with Gasteiger partial charge in [0.15, 0.2) is 0 Å². The van der Waals surface area contributed by atoms with E-state index in [0.717, 1.165) is 64.2 Å². The molecule has 0 saturated carbocycles. The van der Waals surface area contributed by atoms with Crippen LogP contribution in [0, 0.1) is 0 Å². The van der Waals surface area contributed by atoms with Crippen molar-refractivity contribution in [3.63, 3.8) is 0 Å². The second-order valence-corrected chi connectivity index (χ2v) is 21.7. The maximum atomic E-state index is 12.5. The number of rotatable bonds is 59. The summed E-state index contributed by atoms with van der Waals surface area (Å²) in [6.45, 7) is 4.89. The first kappa shape index (κ1) is 69.8. The Hall–Kier alpha value is -2.18. The first-order chi connectivity index (χ1) is 35.5. The summed E-state index contributed by atoms with van der Waals surface area (Å²) in [5, 5.41) is 23.2. The molecule has 72 heavy (non-hydrogen) atoms. The molecular formula is C66H123NO5. The summed E-state index contributed by atoms with van der Waals surface area (Å²) < 4.78 is 5.47. The molecule has 0 aromatic rings. The summed E-state index contributed by atoms with van der Waals surface area (Å²) in [4.78, 5) is 24.5. The summed E-state index contributed by atoms with van der Waals surface area (Å²) in [7, 11) is 0. The van der Waals surface area contributed by atoms with E-state index >= 15 is 0 Å². The van der Waals surface area contributed by atoms with Crippen LogP contribution in [0.5, 0.6) is 0 Å². The van der Waals surface area contributed by atoms with Gasteiger partial charge in [-0.05, 0) is 89.9 Å². The lowest BCUT2D eigenvalue weighted by atomic mass is 10.0. The van der Waals surface area contributed by atoms with E-state index in [1.54, 1.807) is 6.08 Å². The molecule has 0 aromatic carbocycles. The maximum absolute atomic E-state index is 12.5. The molecule has 3 N–H and O–H groups in total. The highest BCUT2D eigenvalue weighted by atomic mass is 16.5. The average molecular weight is 1010 g/mol. The van der Waals surface area contributed by atoms with Crippen molar-refractivity contribution < 1.29 is 24.5 Å². The number of hydrogen-bond acceptors (Lipinski definition) is 5. The lowest BCUT2D eigenvalue weighted by molar-refractivity contribution is -0.143. The van der Waals surface area contributed by atoms with E-state index in [1.807, 2.05) is 6.08 Å². The van der Waals surface area contributed by atoms with Gasteiger partial charge in [0.2, 0.25) is 5.91 Å². The smallest absolute Gasteiger partial charge is 0.305 e. The highest BCUT2D eigenvalue weighted by Gasteiger charge is 2.18. The lowest BCUT2D eigenvalue weighted by Gasteiger charge is -2.20. The van der Waals surface area contributed by atoms with Gasteiger partial charge in [0.1, 0.15) is 0 Å². The third-order valence-electron chi connectivity index (χ3n) is 14.6. The number of carbonyl (C=O) groups is 2. The van der Waals surface area contributed by atoms with Gasteiger partial charge in [0, 0.05) is 12.8 Å². The normalized spacial score (nSPS) is 12.9. The molecule has 0 radical (unpaired) electrons. The Morgan fingerprint density at radius 3 is 1.08 bits per heavy atom. The molecule has 0 aliphatic heterocycles. The van der Waals surface area contributed by atoms with Crippen molar-refractivity contribution in [3.8, 4) is 0 Å². The molecule has 2 atom stereocenters. The van der Waals surface area contributed by atoms with E-state index < -0.39 is 12.1 Å². The molecule has 0 rings (SSSR count). The van der Waals surface area contributed by atoms with Gasteiger partial charge in [-0.2, -0.15) is 0 Å². The number of hydrogen-bond donors (Lipinski definition) is 3. The van der Waals surface area contributed by atoms with Crippen molar-refractivity contribution in [2.75, 3.05) is 13.2 Å². The van der Waals surface area contributed by atoms with Gasteiger partial charge < -0.3 is 20.3 Å². The number of carbonyl (C=O) groups excluding carboxylic acids is 2. The zero-order valence-corrected chi connectivity index (χ0v) is 48.2. The highest BCUT2D eigenvalue weighted by molar-refractivity contribution is 5.76. The fourth-order valence-corrected chi connectivity index (χ4v) is 9.66. The number of nitrogens with one attached hydrogen (secondary N) is 1. The van der Waals surface area contributed by atoms with Crippen LogP contribution in [0.25, 0.3) is 0 Å². The van der Waals surface area contributed by atoms with Crippen molar-refractivity contribution >= 4 is 11.9 Å². The molecule has 1 amide bonds. The Bertz CT molecular complexity index is 1210. The summed E-state index contributed by atoms with van der Waals surface area (Å²) in [5.74, 6) is -0.0797. The van der Waals surface area contributed by atoms with Crippen LogP contribution in [0.4, 0.5) is 0 Å². The second-order valence-electron chi connectivity index (χ2n) is 21.7. The standard InChI is InChI=1S/C66H123NO5/c1-3-5-7-9-11-13-15-17-18-19-25-28-31-35-38-42-46-50-54-58-64(69)63(62-68)67-65(70)59-55-51-47-43-39-36-32-29-26-23-21-20-22-24-27-30-33-37-41-45-49-53-57-61-72-66(71)60-56-52-48-44-40-34-16-14-12-10-8-6-4-2/h14,16,20,22-23,26,54,58,63-64,68-69H,3-13,15,17-19,21,24-25,27-53,55-57,59-62H2,1-2H3,(H,67,70)/b16-14-,22-20-,26-23-,58-54+. The van der Waals surface area contributed by atoms with Crippen molar-refractivity contribution in [1.29, 1.82) is 0 Å². The van der Waals surface area contributed by atoms with Gasteiger partial charge in [-0.15, -0.1) is 0 Å². The van der Waals surface area contributed by atoms with Crippen LogP contribution in [0.15, 0.2) is 48.6 Å². The third-order valence-corrected chi connectivity index (χ3v) is 14.6. The van der Waals surface area contributed by atoms with Crippen molar-refractivity contribution in [2.24, 2.45) is 0 Å². The predicted octanol–water partition coefficient (Wildman–Crippen LogP) is 20.1. The van der Waals surface area contributed by atoms with E-state index in [-0.39, 0.29) is 18.5 Å². The van der Waals surface area contributed by atoms with Crippen LogP contribution >= 0.6 is 0 Å². The summed E-state index contributed by atoms with van der Waals surface area (Å²) in [6.07, 6.45) is 78.7. The van der Waals surface area contributed by atoms with Crippen LogP contribution in [-0.2, 0) is 14.3 Å². The summed E-state index contributed by atoms with van der Waals surface area (Å²) in [5.41, 5.74) is 0. The fraction of sp³-hybridized carbons (Fsp3) is 0.848. The van der Waals surface area contributed by atoms with Gasteiger partial charge in [-0.1, -0.05) is 281 Å². The van der Waals surface area contributed by atoms with Crippen molar-refractivity contribution in [2.45, 2.75) is 347 Å². The van der Waals surface area contributed by atoms with Gasteiger partial charge in [0.05, 0.1) is 25.4 Å². The molecule has 2 unspecified atom stereocenters. The van der Waals surface area contributed by atoms with Crippen molar-refractivity contribution in [3.05, 3.63) is 48.6 Å². The summed E-state index contributed by atoms with van der Waals surface area (Å²) in [6, 6.07) is -0.637. The number of allylic oxidation sites excluding steroid dienone is 7. The van der Waals surface area contributed by atoms with E-state index in [2.05, 4.69) is 55.6 Å². The number of amides is 1. The molecular weight excluding hydrogens is 887 g/mol. The zero-order chi connectivity index (χ0) is 52.2. The van der Waals surface area contributed by atoms with Gasteiger partial charge in [-0.25, -0.2) is 0 Å². The van der Waals surface area contributed by atoms with Gasteiger partial charge in [-0.3, -0.25) is 9.59 Å². The molecule has 0 fully saturated rings. The molecule has 422 valence electrons. The number of unbranched alkanes of at least 4 members (excludes halogenated alkanes) is 42. The molecule has 0 aromatic heterocycles. The molecule has 0 bridgehead atoms. The largest absolute Gasteiger partial charge is 0.466 e. The Morgan fingerprint density at radius 1 is 0.389 bits per heavy atom. The zero-order valence-electron chi connectivity index (χ0n) is 48.2. The number of ether oxygens (including phenoxy) is 1. The first-order valence-corrected chi connectivity index (χ1v) is 31.9. The minimum absolute atomic E-state index is 0.00294. The molecule has 0 saturated heterocycles. The molecule has 0 spiro atoms. The third kappa shape index (κ3) is 57.1. The minimum Gasteiger partial charge on any atom is -0.466 e. The molecule has 0 aliphatic rings. The molecule has 6 heteroatoms. The Kier molecular flexibility index (Phi) is 59.5. The predicted molar refractivity (Wildman–Crippen MR) is 315 cm³/mol.